The molecule has 1 spiro atoms. The van der Waals surface area contributed by atoms with Gasteiger partial charge < -0.3 is 15.3 Å². The number of aryl methyl sites for hydroxylation is 1. The maximum atomic E-state index is 12.4. The highest BCUT2D eigenvalue weighted by atomic mass is 35.5. The predicted molar refractivity (Wildman–Crippen MR) is 92.2 cm³/mol. The van der Waals surface area contributed by atoms with Gasteiger partial charge in [-0.2, -0.15) is 0 Å². The summed E-state index contributed by atoms with van der Waals surface area (Å²) in [7, 11) is 0. The zero-order valence-corrected chi connectivity index (χ0v) is 14.6. The van der Waals surface area contributed by atoms with Gasteiger partial charge in [0.2, 0.25) is 11.8 Å². The average Bonchev–Trinajstić information content (AvgIpc) is 2.89. The first-order valence-electron chi connectivity index (χ1n) is 8.46. The maximum Gasteiger partial charge on any atom is 0.309 e. The summed E-state index contributed by atoms with van der Waals surface area (Å²) in [5, 5.41) is 12.9. The second kappa shape index (κ2) is 7.04. The Kier molecular flexibility index (Phi) is 4.99. The number of aliphatic carboxylic acids is 1. The molecule has 0 aliphatic carbocycles. The second-order valence-corrected chi connectivity index (χ2v) is 7.25. The van der Waals surface area contributed by atoms with Gasteiger partial charge in [0.15, 0.2) is 0 Å². The minimum atomic E-state index is -0.945. The quantitative estimate of drug-likeness (QED) is 0.853. The van der Waals surface area contributed by atoms with Crippen molar-refractivity contribution in [1.29, 1.82) is 0 Å². The largest absolute Gasteiger partial charge is 0.481 e. The maximum absolute atomic E-state index is 12.4. The van der Waals surface area contributed by atoms with Gasteiger partial charge in [-0.3, -0.25) is 14.4 Å². The van der Waals surface area contributed by atoms with Crippen molar-refractivity contribution in [2.75, 3.05) is 13.1 Å². The van der Waals surface area contributed by atoms with E-state index in [-0.39, 0.29) is 18.2 Å². The number of hydrogen-bond acceptors (Lipinski definition) is 3. The number of nitrogens with zero attached hydrogens (tertiary/aromatic N) is 1. The first kappa shape index (κ1) is 17.7. The number of likely N-dealkylation sites (tertiary alicyclic amines) is 1. The Morgan fingerprint density at radius 3 is 2.68 bits per heavy atom. The van der Waals surface area contributed by atoms with E-state index in [2.05, 4.69) is 5.32 Å². The van der Waals surface area contributed by atoms with Crippen LogP contribution in [-0.4, -0.2) is 46.4 Å². The molecule has 1 atom stereocenters. The molecule has 0 aromatic heterocycles. The lowest BCUT2D eigenvalue weighted by Gasteiger charge is -2.41. The van der Waals surface area contributed by atoms with Crippen LogP contribution in [0, 0.1) is 5.92 Å². The fraction of sp³-hybridized carbons (Fsp3) is 0.500. The minimum absolute atomic E-state index is 0.0258. The zero-order chi connectivity index (χ0) is 18.0. The van der Waals surface area contributed by atoms with Crippen LogP contribution in [0.3, 0.4) is 0 Å². The fourth-order valence-corrected chi connectivity index (χ4v) is 4.06. The highest BCUT2D eigenvalue weighted by Gasteiger charge is 2.51. The molecule has 134 valence electrons. The van der Waals surface area contributed by atoms with Crippen molar-refractivity contribution in [2.24, 2.45) is 5.92 Å². The van der Waals surface area contributed by atoms with Crippen molar-refractivity contribution in [3.8, 4) is 0 Å². The summed E-state index contributed by atoms with van der Waals surface area (Å²) in [6.07, 6.45) is 2.01. The summed E-state index contributed by atoms with van der Waals surface area (Å²) in [5.41, 5.74) is 0.315. The molecular formula is C18H21ClN2O4. The number of carboxylic acid groups (broad SMARTS) is 1. The first-order chi connectivity index (χ1) is 11.9. The number of carbonyl (C=O) groups excluding carboxylic acids is 2. The molecule has 2 saturated heterocycles. The normalized spacial score (nSPS) is 22.0. The number of nitrogens with one attached hydrogen (secondary N) is 1. The van der Waals surface area contributed by atoms with Crippen LogP contribution in [0.1, 0.15) is 31.2 Å². The lowest BCUT2D eigenvalue weighted by atomic mass is 9.77. The van der Waals surface area contributed by atoms with Crippen molar-refractivity contribution in [1.82, 2.24) is 10.2 Å². The predicted octanol–water partition coefficient (Wildman–Crippen LogP) is 1.85. The zero-order valence-electron chi connectivity index (χ0n) is 13.8. The smallest absolute Gasteiger partial charge is 0.309 e. The molecular weight excluding hydrogens is 344 g/mol. The Morgan fingerprint density at radius 1 is 1.32 bits per heavy atom. The van der Waals surface area contributed by atoms with Crippen molar-refractivity contribution in [3.05, 3.63) is 34.9 Å². The molecule has 2 heterocycles. The Balaban J connectivity index is 1.56. The molecule has 2 fully saturated rings. The van der Waals surface area contributed by atoms with Crippen LogP contribution < -0.4 is 5.32 Å². The lowest BCUT2D eigenvalue weighted by Crippen LogP contribution is -2.56. The monoisotopic (exact) mass is 364 g/mol. The molecule has 2 amide bonds. The van der Waals surface area contributed by atoms with E-state index >= 15 is 0 Å². The molecule has 1 aromatic carbocycles. The number of hydrogen-bond donors (Lipinski definition) is 2. The van der Waals surface area contributed by atoms with E-state index in [0.717, 1.165) is 5.56 Å². The van der Waals surface area contributed by atoms with Gasteiger partial charge in [-0.15, -0.1) is 0 Å². The van der Waals surface area contributed by atoms with Crippen LogP contribution >= 0.6 is 11.6 Å². The van der Waals surface area contributed by atoms with E-state index in [1.165, 1.54) is 0 Å². The number of carbonyl (C=O) groups is 3. The van der Waals surface area contributed by atoms with Crippen LogP contribution in [0.2, 0.25) is 5.02 Å². The van der Waals surface area contributed by atoms with Crippen molar-refractivity contribution in [2.45, 2.75) is 37.6 Å². The lowest BCUT2D eigenvalue weighted by molar-refractivity contribution is -0.145. The standard InChI is InChI=1S/C18H21ClN2O4/c19-13-3-1-2-12(10-13)4-5-16(23)21-8-6-18(7-9-21)14(17(24)25)11-15(22)20-18/h1-3,10,14H,4-9,11H2,(H,20,22)(H,24,25). The van der Waals surface area contributed by atoms with Gasteiger partial charge in [0.1, 0.15) is 0 Å². The van der Waals surface area contributed by atoms with E-state index in [1.54, 1.807) is 11.0 Å². The third-order valence-electron chi connectivity index (χ3n) is 5.27. The van der Waals surface area contributed by atoms with Gasteiger partial charge in [0, 0.05) is 31.0 Å². The van der Waals surface area contributed by atoms with E-state index in [4.69, 9.17) is 11.6 Å². The average molecular weight is 365 g/mol. The number of piperidine rings is 1. The van der Waals surface area contributed by atoms with E-state index in [1.807, 2.05) is 18.2 Å². The topological polar surface area (TPSA) is 86.7 Å². The van der Waals surface area contributed by atoms with E-state index in [9.17, 15) is 19.5 Å². The molecule has 0 bridgehead atoms. The summed E-state index contributed by atoms with van der Waals surface area (Å²) >= 11 is 5.95. The number of carboxylic acids is 1. The van der Waals surface area contributed by atoms with E-state index < -0.39 is 17.4 Å². The molecule has 25 heavy (non-hydrogen) atoms. The Bertz CT molecular complexity index is 698. The van der Waals surface area contributed by atoms with Gasteiger partial charge in [0.25, 0.3) is 0 Å². The van der Waals surface area contributed by atoms with Crippen LogP contribution in [0.4, 0.5) is 0 Å². The molecule has 0 saturated carbocycles. The summed E-state index contributed by atoms with van der Waals surface area (Å²) < 4.78 is 0. The third-order valence-corrected chi connectivity index (χ3v) is 5.50. The fourth-order valence-electron chi connectivity index (χ4n) is 3.85. The summed E-state index contributed by atoms with van der Waals surface area (Å²) in [6, 6.07) is 7.45. The van der Waals surface area contributed by atoms with Gasteiger partial charge in [0.05, 0.1) is 11.5 Å². The first-order valence-corrected chi connectivity index (χ1v) is 8.83. The Labute approximate surface area is 151 Å². The number of amides is 2. The van der Waals surface area contributed by atoms with Crippen molar-refractivity contribution < 1.29 is 19.5 Å². The van der Waals surface area contributed by atoms with Gasteiger partial charge in [-0.25, -0.2) is 0 Å². The molecule has 0 radical (unpaired) electrons. The van der Waals surface area contributed by atoms with Crippen LogP contribution in [0.25, 0.3) is 0 Å². The second-order valence-electron chi connectivity index (χ2n) is 6.81. The molecule has 2 aliphatic rings. The van der Waals surface area contributed by atoms with Crippen LogP contribution in [0.5, 0.6) is 0 Å². The highest BCUT2D eigenvalue weighted by molar-refractivity contribution is 6.30. The number of benzene rings is 1. The van der Waals surface area contributed by atoms with Gasteiger partial charge in [-0.05, 0) is 37.0 Å². The molecule has 6 nitrogen and oxygen atoms in total. The Morgan fingerprint density at radius 2 is 2.04 bits per heavy atom. The SMILES string of the molecule is O=C1CC(C(=O)O)C2(CCN(C(=O)CCc3cccc(Cl)c3)CC2)N1. The van der Waals surface area contributed by atoms with Crippen LogP contribution in [-0.2, 0) is 20.8 Å². The van der Waals surface area contributed by atoms with Gasteiger partial charge in [-0.1, -0.05) is 23.7 Å². The van der Waals surface area contributed by atoms with Crippen molar-refractivity contribution in [3.63, 3.8) is 0 Å². The van der Waals surface area contributed by atoms with Crippen molar-refractivity contribution >= 4 is 29.4 Å². The minimum Gasteiger partial charge on any atom is -0.481 e. The molecule has 1 unspecified atom stereocenters. The molecule has 1 aromatic rings. The summed E-state index contributed by atoms with van der Waals surface area (Å²) in [5.74, 6) is -1.82. The molecule has 2 N–H and O–H groups in total. The number of rotatable bonds is 4. The summed E-state index contributed by atoms with van der Waals surface area (Å²) in [6.45, 7) is 0.941. The third kappa shape index (κ3) is 3.79. The molecule has 2 aliphatic heterocycles. The highest BCUT2D eigenvalue weighted by Crippen LogP contribution is 2.37. The Hall–Kier alpha value is -2.08. The van der Waals surface area contributed by atoms with Crippen LogP contribution in [0.15, 0.2) is 24.3 Å². The van der Waals surface area contributed by atoms with Gasteiger partial charge >= 0.3 is 5.97 Å². The molecule has 3 rings (SSSR count). The molecule has 7 heteroatoms. The number of halogens is 1. The van der Waals surface area contributed by atoms with E-state index in [0.29, 0.717) is 43.8 Å². The summed E-state index contributed by atoms with van der Waals surface area (Å²) in [4.78, 5) is 37.3.